The summed E-state index contributed by atoms with van der Waals surface area (Å²) in [5, 5.41) is 6.67. The molecule has 1 amide bonds. The van der Waals surface area contributed by atoms with Gasteiger partial charge in [0.2, 0.25) is 5.91 Å². The molecule has 0 aromatic rings. The molecule has 26 heavy (non-hydrogen) atoms. The fourth-order valence-corrected chi connectivity index (χ4v) is 4.43. The quantitative estimate of drug-likeness (QED) is 0.482. The van der Waals surface area contributed by atoms with E-state index in [0.29, 0.717) is 18.4 Å². The van der Waals surface area contributed by atoms with Crippen molar-refractivity contribution in [3.63, 3.8) is 0 Å². The number of primary amides is 1. The normalized spacial score (nSPS) is 36.2. The van der Waals surface area contributed by atoms with Gasteiger partial charge in [0.1, 0.15) is 11.7 Å². The van der Waals surface area contributed by atoms with Crippen molar-refractivity contribution in [1.82, 2.24) is 15.5 Å². The number of morpholine rings is 1. The molecule has 8 heteroatoms. The number of nitrogens with one attached hydrogen (secondary N) is 2. The summed E-state index contributed by atoms with van der Waals surface area (Å²) in [6, 6.07) is -0.102. The van der Waals surface area contributed by atoms with Crippen LogP contribution in [-0.4, -0.2) is 66.6 Å². The van der Waals surface area contributed by atoms with Crippen LogP contribution in [0.3, 0.4) is 0 Å². The van der Waals surface area contributed by atoms with Crippen molar-refractivity contribution in [2.24, 2.45) is 16.6 Å². The first-order valence-corrected chi connectivity index (χ1v) is 9.96. The van der Waals surface area contributed by atoms with Crippen LogP contribution in [0.2, 0.25) is 0 Å². The molecule has 7 nitrogen and oxygen atoms in total. The standard InChI is InChI=1S/C18H30ClN5O2/c1-3-13-16(19)23-18(15(22-13)17(20)25)21-12-4-5-14(11(2)10-12)24-6-8-26-9-7-24/h4,11,14-16,18,21,23H,3,5-10H2,1-2H3,(H2,20,25). The molecule has 5 unspecified atom stereocenters. The van der Waals surface area contributed by atoms with E-state index in [2.05, 4.69) is 33.5 Å². The molecule has 0 bridgehead atoms. The Morgan fingerprint density at radius 3 is 2.85 bits per heavy atom. The van der Waals surface area contributed by atoms with E-state index in [-0.39, 0.29) is 11.7 Å². The molecule has 0 aromatic heterocycles. The molecule has 146 valence electrons. The van der Waals surface area contributed by atoms with Crippen LogP contribution in [0, 0.1) is 5.92 Å². The van der Waals surface area contributed by atoms with E-state index in [4.69, 9.17) is 22.1 Å². The zero-order chi connectivity index (χ0) is 18.7. The van der Waals surface area contributed by atoms with Crippen LogP contribution in [0.25, 0.3) is 0 Å². The van der Waals surface area contributed by atoms with Gasteiger partial charge >= 0.3 is 0 Å². The Balaban J connectivity index is 1.65. The number of nitrogens with two attached hydrogens (primary N) is 1. The predicted molar refractivity (Wildman–Crippen MR) is 103 cm³/mol. The number of amides is 1. The molecule has 2 heterocycles. The molecule has 3 rings (SSSR count). The minimum atomic E-state index is -0.645. The fraction of sp³-hybridized carbons (Fsp3) is 0.778. The molecule has 0 radical (unpaired) electrons. The lowest BCUT2D eigenvalue weighted by Crippen LogP contribution is -2.61. The molecular weight excluding hydrogens is 354 g/mol. The van der Waals surface area contributed by atoms with E-state index < -0.39 is 11.9 Å². The average molecular weight is 384 g/mol. The van der Waals surface area contributed by atoms with Gasteiger partial charge in [-0.2, -0.15) is 0 Å². The minimum Gasteiger partial charge on any atom is -0.379 e. The maximum Gasteiger partial charge on any atom is 0.245 e. The molecule has 5 atom stereocenters. The Morgan fingerprint density at radius 2 is 2.23 bits per heavy atom. The Kier molecular flexibility index (Phi) is 6.55. The summed E-state index contributed by atoms with van der Waals surface area (Å²) in [4.78, 5) is 18.8. The number of halogens is 1. The van der Waals surface area contributed by atoms with Gasteiger partial charge < -0.3 is 15.8 Å². The van der Waals surface area contributed by atoms with Gasteiger partial charge in [0.05, 0.1) is 13.2 Å². The largest absolute Gasteiger partial charge is 0.379 e. The van der Waals surface area contributed by atoms with Crippen LogP contribution in [0.15, 0.2) is 16.8 Å². The van der Waals surface area contributed by atoms with Crippen molar-refractivity contribution in [1.29, 1.82) is 0 Å². The van der Waals surface area contributed by atoms with Crippen molar-refractivity contribution < 1.29 is 9.53 Å². The number of hydrogen-bond donors (Lipinski definition) is 3. The van der Waals surface area contributed by atoms with E-state index in [1.54, 1.807) is 0 Å². The number of rotatable bonds is 5. The predicted octanol–water partition coefficient (Wildman–Crippen LogP) is 0.790. The highest BCUT2D eigenvalue weighted by Crippen LogP contribution is 2.28. The fourth-order valence-electron chi connectivity index (χ4n) is 4.08. The third kappa shape index (κ3) is 4.39. The molecule has 4 N–H and O–H groups in total. The molecule has 3 aliphatic rings. The number of carbonyl (C=O) groups excluding carboxylic acids is 1. The summed E-state index contributed by atoms with van der Waals surface area (Å²) in [5.41, 5.74) is 7.09. The highest BCUT2D eigenvalue weighted by molar-refractivity contribution is 6.32. The molecule has 0 aromatic carbocycles. The second-order valence-electron chi connectivity index (χ2n) is 7.33. The van der Waals surface area contributed by atoms with E-state index in [1.807, 2.05) is 6.92 Å². The topological polar surface area (TPSA) is 92.0 Å². The first-order chi connectivity index (χ1) is 12.5. The molecule has 1 aliphatic carbocycles. The number of carbonyl (C=O) groups is 1. The number of ether oxygens (including phenoxy) is 1. The van der Waals surface area contributed by atoms with Gasteiger partial charge in [-0.3, -0.25) is 20.0 Å². The van der Waals surface area contributed by atoms with Crippen LogP contribution in [-0.2, 0) is 9.53 Å². The Hall–Kier alpha value is -1.15. The minimum absolute atomic E-state index is 0.372. The van der Waals surface area contributed by atoms with Gasteiger partial charge in [0.15, 0.2) is 6.04 Å². The Morgan fingerprint density at radius 1 is 1.50 bits per heavy atom. The zero-order valence-electron chi connectivity index (χ0n) is 15.6. The van der Waals surface area contributed by atoms with E-state index in [1.165, 1.54) is 0 Å². The van der Waals surface area contributed by atoms with Crippen LogP contribution >= 0.6 is 11.6 Å². The second kappa shape index (κ2) is 8.69. The molecule has 1 fully saturated rings. The van der Waals surface area contributed by atoms with Crippen molar-refractivity contribution in [3.8, 4) is 0 Å². The van der Waals surface area contributed by atoms with Gasteiger partial charge in [-0.15, -0.1) is 0 Å². The summed E-state index contributed by atoms with van der Waals surface area (Å²) >= 11 is 6.35. The van der Waals surface area contributed by atoms with Gasteiger partial charge in [-0.05, 0) is 25.2 Å². The van der Waals surface area contributed by atoms with Crippen LogP contribution in [0.1, 0.15) is 33.1 Å². The lowest BCUT2D eigenvalue weighted by Gasteiger charge is -2.41. The third-order valence-corrected chi connectivity index (χ3v) is 5.93. The Bertz CT molecular complexity index is 576. The van der Waals surface area contributed by atoms with Crippen molar-refractivity contribution >= 4 is 23.2 Å². The van der Waals surface area contributed by atoms with Crippen LogP contribution in [0.5, 0.6) is 0 Å². The molecule has 1 saturated heterocycles. The van der Waals surface area contributed by atoms with Crippen molar-refractivity contribution in [3.05, 3.63) is 11.8 Å². The van der Waals surface area contributed by atoms with Gasteiger partial charge in [0, 0.05) is 30.5 Å². The second-order valence-corrected chi connectivity index (χ2v) is 7.77. The van der Waals surface area contributed by atoms with E-state index in [9.17, 15) is 4.79 Å². The lowest BCUT2D eigenvalue weighted by molar-refractivity contribution is -0.120. The van der Waals surface area contributed by atoms with Gasteiger partial charge in [0.25, 0.3) is 0 Å². The number of hydrogen-bond acceptors (Lipinski definition) is 6. The smallest absolute Gasteiger partial charge is 0.245 e. The SMILES string of the molecule is CCC1=NC(C(N)=O)C(NC2=CCC(N3CCOCC3)C(C)C2)NC1Cl. The van der Waals surface area contributed by atoms with E-state index >= 15 is 0 Å². The summed E-state index contributed by atoms with van der Waals surface area (Å²) in [5.74, 6) is 0.0814. The molecule has 2 aliphatic heterocycles. The van der Waals surface area contributed by atoms with Crippen molar-refractivity contribution in [2.45, 2.75) is 56.9 Å². The number of aliphatic imine (C=N–C) groups is 1. The summed E-state index contributed by atoms with van der Waals surface area (Å²) < 4.78 is 5.46. The monoisotopic (exact) mass is 383 g/mol. The maximum atomic E-state index is 11.9. The summed E-state index contributed by atoms with van der Waals surface area (Å²) in [6.07, 6.45) is 4.48. The van der Waals surface area contributed by atoms with Crippen molar-refractivity contribution in [2.75, 3.05) is 26.3 Å². The van der Waals surface area contributed by atoms with E-state index in [0.717, 1.165) is 50.6 Å². The van der Waals surface area contributed by atoms with Gasteiger partial charge in [-0.25, -0.2) is 0 Å². The number of alkyl halides is 1. The molecular formula is C18H30ClN5O2. The summed E-state index contributed by atoms with van der Waals surface area (Å²) in [6.45, 7) is 7.90. The van der Waals surface area contributed by atoms with Crippen LogP contribution < -0.4 is 16.4 Å². The highest BCUT2D eigenvalue weighted by atomic mass is 35.5. The number of nitrogens with zero attached hydrogens (tertiary/aromatic N) is 2. The lowest BCUT2D eigenvalue weighted by atomic mass is 9.87. The molecule has 0 saturated carbocycles. The van der Waals surface area contributed by atoms with Gasteiger partial charge in [-0.1, -0.05) is 31.5 Å². The third-order valence-electron chi connectivity index (χ3n) is 5.55. The Labute approximate surface area is 160 Å². The zero-order valence-corrected chi connectivity index (χ0v) is 16.3. The van der Waals surface area contributed by atoms with Crippen LogP contribution in [0.4, 0.5) is 0 Å². The first-order valence-electron chi connectivity index (χ1n) is 9.53. The summed E-state index contributed by atoms with van der Waals surface area (Å²) in [7, 11) is 0. The molecule has 0 spiro atoms. The number of allylic oxidation sites excluding steroid dienone is 1. The first kappa shape index (κ1) is 19.6. The average Bonchev–Trinajstić information content (AvgIpc) is 2.62. The highest BCUT2D eigenvalue weighted by Gasteiger charge is 2.35. The maximum absolute atomic E-state index is 11.9.